The number of hydrogen-bond acceptors (Lipinski definition) is 4. The molecule has 13 heavy (non-hydrogen) atoms. The van der Waals surface area contributed by atoms with Crippen molar-refractivity contribution < 1.29 is 12.7 Å². The molecule has 1 rings (SSSR count). The van der Waals surface area contributed by atoms with Crippen molar-refractivity contribution >= 4 is 10.1 Å². The molecular weight excluding hydrogens is 190 g/mol. The highest BCUT2D eigenvalue weighted by atomic mass is 32.2. The van der Waals surface area contributed by atoms with Crippen LogP contribution in [0.15, 0.2) is 30.3 Å². The normalized spacial score (nSPS) is 14.0. The van der Waals surface area contributed by atoms with Crippen LogP contribution in [0.3, 0.4) is 0 Å². The second-order valence-electron chi connectivity index (χ2n) is 2.64. The fourth-order valence-electron chi connectivity index (χ4n) is 0.974. The third-order valence-electron chi connectivity index (χ3n) is 1.84. The van der Waals surface area contributed by atoms with Crippen molar-refractivity contribution in [1.82, 2.24) is 0 Å². The van der Waals surface area contributed by atoms with Gasteiger partial charge in [-0.3, -0.25) is 0 Å². The van der Waals surface area contributed by atoms with Crippen molar-refractivity contribution in [2.24, 2.45) is 5.90 Å². The van der Waals surface area contributed by atoms with Crippen molar-refractivity contribution in [3.63, 3.8) is 0 Å². The van der Waals surface area contributed by atoms with Crippen LogP contribution in [0.2, 0.25) is 0 Å². The predicted molar refractivity (Wildman–Crippen MR) is 49.0 cm³/mol. The molecule has 1 aromatic rings. The van der Waals surface area contributed by atoms with Crippen LogP contribution in [0, 0.1) is 0 Å². The van der Waals surface area contributed by atoms with Gasteiger partial charge in [0.15, 0.2) is 0 Å². The van der Waals surface area contributed by atoms with E-state index in [0.29, 0.717) is 5.56 Å². The van der Waals surface area contributed by atoms with E-state index in [-0.39, 0.29) is 0 Å². The molecule has 0 saturated heterocycles. The van der Waals surface area contributed by atoms with Crippen molar-refractivity contribution in [3.8, 4) is 0 Å². The maximum Gasteiger partial charge on any atom is 0.289 e. The Morgan fingerprint density at radius 2 is 1.85 bits per heavy atom. The molecule has 1 atom stereocenters. The summed E-state index contributed by atoms with van der Waals surface area (Å²) in [5.74, 6) is 4.66. The summed E-state index contributed by atoms with van der Waals surface area (Å²) >= 11 is 0. The fraction of sp³-hybridized carbons (Fsp3) is 0.250. The van der Waals surface area contributed by atoms with Gasteiger partial charge in [-0.05, 0) is 12.5 Å². The van der Waals surface area contributed by atoms with E-state index in [4.69, 9.17) is 0 Å². The van der Waals surface area contributed by atoms with Crippen molar-refractivity contribution in [1.29, 1.82) is 0 Å². The van der Waals surface area contributed by atoms with E-state index in [2.05, 4.69) is 10.2 Å². The minimum atomic E-state index is -3.67. The molecule has 4 nitrogen and oxygen atoms in total. The van der Waals surface area contributed by atoms with E-state index in [1.807, 2.05) is 6.07 Å². The van der Waals surface area contributed by atoms with E-state index < -0.39 is 15.4 Å². The summed E-state index contributed by atoms with van der Waals surface area (Å²) in [6.07, 6.45) is 0. The lowest BCUT2D eigenvalue weighted by molar-refractivity contribution is 0.327. The van der Waals surface area contributed by atoms with Crippen molar-refractivity contribution in [2.75, 3.05) is 0 Å². The molecule has 0 bridgehead atoms. The molecular formula is C8H11NO3S. The van der Waals surface area contributed by atoms with Gasteiger partial charge >= 0.3 is 0 Å². The number of rotatable bonds is 3. The highest BCUT2D eigenvalue weighted by Crippen LogP contribution is 2.21. The lowest BCUT2D eigenvalue weighted by Gasteiger charge is -2.09. The van der Waals surface area contributed by atoms with Gasteiger partial charge in [0.1, 0.15) is 5.25 Å². The second kappa shape index (κ2) is 3.87. The van der Waals surface area contributed by atoms with Crippen LogP contribution in [-0.4, -0.2) is 8.42 Å². The molecule has 1 unspecified atom stereocenters. The highest BCUT2D eigenvalue weighted by Gasteiger charge is 2.22. The van der Waals surface area contributed by atoms with Gasteiger partial charge in [0.2, 0.25) is 0 Å². The summed E-state index contributed by atoms with van der Waals surface area (Å²) in [6.45, 7) is 1.53. The molecule has 1 aromatic carbocycles. The molecule has 0 aliphatic carbocycles. The molecule has 0 radical (unpaired) electrons. The number of nitrogens with two attached hydrogens (primary N) is 1. The third kappa shape index (κ3) is 2.27. The first-order valence-corrected chi connectivity index (χ1v) is 5.22. The van der Waals surface area contributed by atoms with Gasteiger partial charge in [-0.25, -0.2) is 0 Å². The van der Waals surface area contributed by atoms with Gasteiger partial charge < -0.3 is 0 Å². The van der Waals surface area contributed by atoms with Gasteiger partial charge in [-0.15, -0.1) is 0 Å². The lowest BCUT2D eigenvalue weighted by Crippen LogP contribution is -2.17. The molecule has 0 aliphatic rings. The quantitative estimate of drug-likeness (QED) is 0.740. The van der Waals surface area contributed by atoms with E-state index in [1.54, 1.807) is 24.3 Å². The topological polar surface area (TPSA) is 69.4 Å². The Bertz CT molecular complexity index is 360. The summed E-state index contributed by atoms with van der Waals surface area (Å²) in [5.41, 5.74) is 0.660. The van der Waals surface area contributed by atoms with E-state index >= 15 is 0 Å². The molecule has 0 heterocycles. The zero-order valence-corrected chi connectivity index (χ0v) is 7.99. The molecule has 0 spiro atoms. The average molecular weight is 201 g/mol. The second-order valence-corrected chi connectivity index (χ2v) is 4.53. The van der Waals surface area contributed by atoms with Gasteiger partial charge in [-0.1, -0.05) is 30.3 Å². The van der Waals surface area contributed by atoms with Crippen LogP contribution in [0.4, 0.5) is 0 Å². The summed E-state index contributed by atoms with van der Waals surface area (Å²) in [4.78, 5) is 0. The minimum absolute atomic E-state index is 0.660. The highest BCUT2D eigenvalue weighted by molar-refractivity contribution is 7.86. The molecule has 5 heteroatoms. The molecule has 0 aliphatic heterocycles. The molecule has 0 fully saturated rings. The van der Waals surface area contributed by atoms with Gasteiger partial charge in [0.05, 0.1) is 0 Å². The first kappa shape index (κ1) is 10.2. The Labute approximate surface area is 77.4 Å². The fourth-order valence-corrected chi connectivity index (χ4v) is 1.63. The zero-order chi connectivity index (χ0) is 9.90. The van der Waals surface area contributed by atoms with Crippen LogP contribution < -0.4 is 5.90 Å². The van der Waals surface area contributed by atoms with Crippen LogP contribution >= 0.6 is 0 Å². The molecule has 2 N–H and O–H groups in total. The Morgan fingerprint density at radius 1 is 1.31 bits per heavy atom. The van der Waals surface area contributed by atoms with Crippen LogP contribution in [-0.2, 0) is 14.4 Å². The zero-order valence-electron chi connectivity index (χ0n) is 7.17. The number of hydrogen-bond donors (Lipinski definition) is 1. The largest absolute Gasteiger partial charge is 0.289 e. The standard InChI is InChI=1S/C8H11NO3S/c1-7(13(10,11)12-9)8-5-3-2-4-6-8/h2-7H,9H2,1H3. The lowest BCUT2D eigenvalue weighted by atomic mass is 10.2. The smallest absolute Gasteiger partial charge is 0.198 e. The van der Waals surface area contributed by atoms with Crippen LogP contribution in [0.1, 0.15) is 17.7 Å². The van der Waals surface area contributed by atoms with Crippen molar-refractivity contribution in [2.45, 2.75) is 12.2 Å². The van der Waals surface area contributed by atoms with E-state index in [0.717, 1.165) is 0 Å². The maximum absolute atomic E-state index is 11.2. The Morgan fingerprint density at radius 3 is 2.31 bits per heavy atom. The van der Waals surface area contributed by atoms with Crippen molar-refractivity contribution in [3.05, 3.63) is 35.9 Å². The summed E-state index contributed by atoms with van der Waals surface area (Å²) in [5, 5.41) is -0.737. The first-order valence-electron chi connectivity index (χ1n) is 3.75. The molecule has 0 saturated carbocycles. The van der Waals surface area contributed by atoms with E-state index in [1.165, 1.54) is 6.92 Å². The molecule has 0 aromatic heterocycles. The summed E-state index contributed by atoms with van der Waals surface area (Å²) in [6, 6.07) is 8.75. The Kier molecular flexibility index (Phi) is 3.02. The van der Waals surface area contributed by atoms with E-state index in [9.17, 15) is 8.42 Å². The first-order chi connectivity index (χ1) is 6.08. The third-order valence-corrected chi connectivity index (χ3v) is 3.24. The monoisotopic (exact) mass is 201 g/mol. The maximum atomic E-state index is 11.2. The summed E-state index contributed by atoms with van der Waals surface area (Å²) < 4.78 is 26.2. The minimum Gasteiger partial charge on any atom is -0.198 e. The predicted octanol–water partition coefficient (Wildman–Crippen LogP) is 0.968. The Balaban J connectivity index is 2.99. The average Bonchev–Trinajstić information content (AvgIpc) is 2.18. The van der Waals surface area contributed by atoms with Gasteiger partial charge in [0, 0.05) is 0 Å². The van der Waals surface area contributed by atoms with Gasteiger partial charge in [0.25, 0.3) is 10.1 Å². The number of benzene rings is 1. The SMILES string of the molecule is CC(c1ccccc1)S(=O)(=O)ON. The van der Waals surface area contributed by atoms with Crippen LogP contribution in [0.5, 0.6) is 0 Å². The van der Waals surface area contributed by atoms with Gasteiger partial charge in [-0.2, -0.15) is 18.6 Å². The molecule has 0 amide bonds. The van der Waals surface area contributed by atoms with Crippen LogP contribution in [0.25, 0.3) is 0 Å². The molecule has 72 valence electrons. The summed E-state index contributed by atoms with van der Waals surface area (Å²) in [7, 11) is -3.67. The Hall–Kier alpha value is -0.910.